The van der Waals surface area contributed by atoms with Gasteiger partial charge in [0.05, 0.1) is 0 Å². The molecule has 1 rings (SSSR count). The number of rotatable bonds is 3. The zero-order valence-electron chi connectivity index (χ0n) is 7.10. The molecule has 2 nitrogen and oxygen atoms in total. The van der Waals surface area contributed by atoms with Crippen LogP contribution in [0.4, 0.5) is 0 Å². The van der Waals surface area contributed by atoms with Gasteiger partial charge in [0.15, 0.2) is 0 Å². The molecule has 1 N–H and O–H groups in total. The van der Waals surface area contributed by atoms with Crippen molar-refractivity contribution in [1.82, 2.24) is 0 Å². The zero-order chi connectivity index (χ0) is 9.68. The van der Waals surface area contributed by atoms with E-state index in [1.165, 1.54) is 0 Å². The van der Waals surface area contributed by atoms with Gasteiger partial charge < -0.3 is 9.53 Å². The molecular formula is C10H11O2S+. The second-order valence-electron chi connectivity index (χ2n) is 2.42. The summed E-state index contributed by atoms with van der Waals surface area (Å²) in [4.78, 5) is 10.1. The Kier molecular flexibility index (Phi) is 3.58. The lowest BCUT2D eigenvalue weighted by Gasteiger charge is -1.96. The third kappa shape index (κ3) is 2.63. The minimum Gasteiger partial charge on any atom is -0.335 e. The molecule has 0 bridgehead atoms. The number of ether oxygens (including phenoxy) is 1. The van der Waals surface area contributed by atoms with Crippen molar-refractivity contribution in [3.8, 4) is 0 Å². The Labute approximate surface area is 82.6 Å². The molecule has 0 atom stereocenters. The lowest BCUT2D eigenvalue weighted by molar-refractivity contribution is 0.313. The van der Waals surface area contributed by atoms with Crippen LogP contribution in [-0.4, -0.2) is 17.4 Å². The summed E-state index contributed by atoms with van der Waals surface area (Å²) < 4.78 is 4.96. The number of hydrogen-bond acceptors (Lipinski definition) is 2. The van der Waals surface area contributed by atoms with Crippen LogP contribution >= 0.6 is 12.6 Å². The fourth-order valence-corrected chi connectivity index (χ4v) is 1.13. The summed E-state index contributed by atoms with van der Waals surface area (Å²) in [7, 11) is 0. The van der Waals surface area contributed by atoms with E-state index in [2.05, 4.69) is 19.2 Å². The van der Waals surface area contributed by atoms with Crippen LogP contribution in [0.5, 0.6) is 0 Å². The normalized spacial score (nSPS) is 9.31. The number of benzene rings is 1. The van der Waals surface area contributed by atoms with E-state index in [-0.39, 0.29) is 12.6 Å². The molecule has 13 heavy (non-hydrogen) atoms. The Morgan fingerprint density at radius 1 is 1.54 bits per heavy atom. The highest BCUT2D eigenvalue weighted by Gasteiger charge is 2.17. The van der Waals surface area contributed by atoms with E-state index in [1.807, 2.05) is 12.1 Å². The predicted octanol–water partition coefficient (Wildman–Crippen LogP) is 2.03. The van der Waals surface area contributed by atoms with Gasteiger partial charge in [0.1, 0.15) is 5.56 Å². The molecule has 3 heteroatoms. The van der Waals surface area contributed by atoms with Crippen molar-refractivity contribution in [1.29, 1.82) is 0 Å². The third-order valence-corrected chi connectivity index (χ3v) is 1.86. The van der Waals surface area contributed by atoms with Crippen molar-refractivity contribution < 1.29 is 9.53 Å². The van der Waals surface area contributed by atoms with E-state index in [4.69, 9.17) is 4.74 Å². The summed E-state index contributed by atoms with van der Waals surface area (Å²) >= 11 is 4.17. The van der Waals surface area contributed by atoms with Crippen molar-refractivity contribution >= 4 is 18.6 Å². The number of hydrogen-bond donors (Lipinski definition) is 1. The summed E-state index contributed by atoms with van der Waals surface area (Å²) in [5.74, 6) is -0.120. The van der Waals surface area contributed by atoms with E-state index in [9.17, 15) is 4.79 Å². The summed E-state index contributed by atoms with van der Waals surface area (Å²) in [6.07, 6.45) is 1.57. The van der Waals surface area contributed by atoms with Crippen molar-refractivity contribution in [2.45, 2.75) is 4.90 Å². The molecule has 0 aliphatic rings. The van der Waals surface area contributed by atoms with Gasteiger partial charge in [-0.15, -0.1) is 12.6 Å². The largest absolute Gasteiger partial charge is 0.519 e. The average molecular weight is 195 g/mol. The molecule has 0 amide bonds. The van der Waals surface area contributed by atoms with Crippen LogP contribution in [0.25, 0.3) is 0 Å². The lowest BCUT2D eigenvalue weighted by Crippen LogP contribution is -2.07. The molecule has 0 aromatic heterocycles. The van der Waals surface area contributed by atoms with E-state index in [1.54, 1.807) is 18.2 Å². The predicted molar refractivity (Wildman–Crippen MR) is 55.9 cm³/mol. The zero-order valence-corrected chi connectivity index (χ0v) is 8.00. The maximum absolute atomic E-state index is 9.43. The van der Waals surface area contributed by atoms with Gasteiger partial charge in [-0.25, -0.2) is 0 Å². The Morgan fingerprint density at radius 2 is 2.23 bits per heavy atom. The molecule has 0 aliphatic carbocycles. The first-order valence-electron chi connectivity index (χ1n) is 3.83. The van der Waals surface area contributed by atoms with Crippen LogP contribution in [0.15, 0.2) is 41.8 Å². The molecule has 1 aromatic carbocycles. The van der Waals surface area contributed by atoms with Crippen molar-refractivity contribution in [2.24, 2.45) is 0 Å². The highest BCUT2D eigenvalue weighted by molar-refractivity contribution is 7.80. The van der Waals surface area contributed by atoms with Gasteiger partial charge in [-0.05, 0) is 18.2 Å². The summed E-state index contributed by atoms with van der Waals surface area (Å²) in [5, 5.41) is 0. The third-order valence-electron chi connectivity index (χ3n) is 1.47. The highest BCUT2D eigenvalue weighted by atomic mass is 32.1. The molecule has 68 valence electrons. The smallest absolute Gasteiger partial charge is 0.335 e. The first-order valence-corrected chi connectivity index (χ1v) is 4.28. The molecular weight excluding hydrogens is 184 g/mol. The monoisotopic (exact) mass is 195 g/mol. The van der Waals surface area contributed by atoms with Crippen LogP contribution in [0.2, 0.25) is 0 Å². The maximum Gasteiger partial charge on any atom is 0.519 e. The minimum absolute atomic E-state index is 0.120. The molecule has 0 saturated carbocycles. The van der Waals surface area contributed by atoms with Gasteiger partial charge in [-0.2, -0.15) is 0 Å². The Balaban J connectivity index is 2.76. The quantitative estimate of drug-likeness (QED) is 0.340. The minimum atomic E-state index is -0.120. The SMILES string of the molecule is C=CCOC(=[OH+])c1ccccc1S. The Morgan fingerprint density at radius 3 is 2.85 bits per heavy atom. The molecule has 0 fully saturated rings. The second kappa shape index (κ2) is 4.72. The molecule has 0 aliphatic heterocycles. The average Bonchev–Trinajstić information content (AvgIpc) is 2.15. The van der Waals surface area contributed by atoms with E-state index < -0.39 is 0 Å². The topological polar surface area (TPSA) is 30.6 Å². The van der Waals surface area contributed by atoms with Gasteiger partial charge in [-0.3, -0.25) is 0 Å². The van der Waals surface area contributed by atoms with Crippen molar-refractivity contribution in [3.63, 3.8) is 0 Å². The van der Waals surface area contributed by atoms with E-state index >= 15 is 0 Å². The van der Waals surface area contributed by atoms with Crippen LogP contribution in [0.1, 0.15) is 5.56 Å². The standard InChI is InChI=1S/C10H10O2S/c1-2-7-12-10(11)8-5-3-4-6-9(8)13/h2-6,13H,1,7H2/p+1. The second-order valence-corrected chi connectivity index (χ2v) is 2.90. The molecule has 0 unspecified atom stereocenters. The fourth-order valence-electron chi connectivity index (χ4n) is 0.870. The van der Waals surface area contributed by atoms with E-state index in [0.717, 1.165) is 0 Å². The van der Waals surface area contributed by atoms with Crippen LogP contribution < -0.4 is 0 Å². The molecule has 0 radical (unpaired) electrons. The van der Waals surface area contributed by atoms with Gasteiger partial charge in [0, 0.05) is 4.90 Å². The molecule has 0 spiro atoms. The number of esters is 1. The first kappa shape index (κ1) is 9.86. The lowest BCUT2D eigenvalue weighted by atomic mass is 10.2. The van der Waals surface area contributed by atoms with Gasteiger partial charge >= 0.3 is 5.97 Å². The fraction of sp³-hybridized carbons (Fsp3) is 0.100. The number of carbonyl (C=O) groups excluding carboxylic acids is 1. The molecule has 1 aromatic rings. The number of thiol groups is 1. The Hall–Kier alpha value is -1.22. The van der Waals surface area contributed by atoms with Crippen LogP contribution in [0, 0.1) is 0 Å². The summed E-state index contributed by atoms with van der Waals surface area (Å²) in [5.41, 5.74) is 0.590. The first-order chi connectivity index (χ1) is 6.25. The van der Waals surface area contributed by atoms with Crippen molar-refractivity contribution in [2.75, 3.05) is 6.61 Å². The molecule has 0 saturated heterocycles. The van der Waals surface area contributed by atoms with Crippen molar-refractivity contribution in [3.05, 3.63) is 42.5 Å². The van der Waals surface area contributed by atoms with Gasteiger partial charge in [-0.1, -0.05) is 18.7 Å². The summed E-state index contributed by atoms with van der Waals surface area (Å²) in [6, 6.07) is 7.17. The highest BCUT2D eigenvalue weighted by Crippen LogP contribution is 2.13. The van der Waals surface area contributed by atoms with Crippen LogP contribution in [0.3, 0.4) is 0 Å². The molecule has 0 heterocycles. The van der Waals surface area contributed by atoms with E-state index in [0.29, 0.717) is 10.5 Å². The van der Waals surface area contributed by atoms with Gasteiger partial charge in [0.2, 0.25) is 6.61 Å². The summed E-state index contributed by atoms with van der Waals surface area (Å²) in [6.45, 7) is 3.77. The van der Waals surface area contributed by atoms with Gasteiger partial charge in [0.25, 0.3) is 0 Å². The van der Waals surface area contributed by atoms with Crippen LogP contribution in [-0.2, 0) is 4.74 Å². The Bertz CT molecular complexity index is 320. The maximum atomic E-state index is 9.43.